The van der Waals surface area contributed by atoms with E-state index in [9.17, 15) is 41.8 Å². The third-order valence-corrected chi connectivity index (χ3v) is 9.30. The molecule has 0 radical (unpaired) electrons. The Labute approximate surface area is 269 Å². The number of halogens is 4. The molecule has 47 heavy (non-hydrogen) atoms. The summed E-state index contributed by atoms with van der Waals surface area (Å²) >= 11 is 0. The number of H-pyrrole nitrogens is 1. The Morgan fingerprint density at radius 1 is 0.957 bits per heavy atom. The Hall–Kier alpha value is -4.42. The molecule has 1 aliphatic rings. The van der Waals surface area contributed by atoms with Gasteiger partial charge in [-0.2, -0.15) is 13.2 Å². The van der Waals surface area contributed by atoms with Gasteiger partial charge in [0.05, 0.1) is 17.5 Å². The van der Waals surface area contributed by atoms with E-state index in [-0.39, 0.29) is 42.1 Å². The number of nitrogens with one attached hydrogen (secondary N) is 4. The van der Waals surface area contributed by atoms with Crippen molar-refractivity contribution in [3.8, 4) is 0 Å². The van der Waals surface area contributed by atoms with Crippen LogP contribution in [0.2, 0.25) is 0 Å². The summed E-state index contributed by atoms with van der Waals surface area (Å²) in [5, 5.41) is 18.2. The maximum absolute atomic E-state index is 14.2. The number of fused-ring (bicyclic) bond motifs is 3. The number of alkyl halides is 3. The molecule has 1 heterocycles. The minimum atomic E-state index is -4.65. The molecule has 13 heteroatoms. The van der Waals surface area contributed by atoms with E-state index < -0.39 is 70.7 Å². The van der Waals surface area contributed by atoms with Crippen molar-refractivity contribution in [2.45, 2.75) is 90.0 Å². The summed E-state index contributed by atoms with van der Waals surface area (Å²) in [7, 11) is 0. The van der Waals surface area contributed by atoms with Gasteiger partial charge in [0.1, 0.15) is 23.4 Å². The second kappa shape index (κ2) is 14.1. The highest BCUT2D eigenvalue weighted by molar-refractivity contribution is 5.98. The molecule has 4 rings (SSSR count). The number of hydrogen-bond acceptors (Lipinski definition) is 4. The Balaban J connectivity index is 1.72. The van der Waals surface area contributed by atoms with E-state index in [0.29, 0.717) is 24.1 Å². The standard InChI is InChI=1S/C34H40F4N4O5/c1-5-18(3)27(40-26(43)16-20-10-7-8-13-24(20)35)30(44)42-33(32(47)41-28(31(45)46)19(4)6-2)15-14-25-22(17-33)21-11-9-12-23(29(21)39-25)34(36,37)38/h7-13,18-19,27-28,39H,5-6,14-17H2,1-4H3,(H,40,43)(H,41,47)(H,42,44)(H,45,46)/t18?,19?,27-,28?,33+/m0/s1. The van der Waals surface area contributed by atoms with Crippen LogP contribution in [0.5, 0.6) is 0 Å². The number of amides is 3. The van der Waals surface area contributed by atoms with Crippen molar-refractivity contribution in [1.29, 1.82) is 0 Å². The van der Waals surface area contributed by atoms with Gasteiger partial charge in [-0.1, -0.05) is 70.9 Å². The molecule has 1 aromatic heterocycles. The van der Waals surface area contributed by atoms with Crippen LogP contribution in [0.25, 0.3) is 10.9 Å². The van der Waals surface area contributed by atoms with Crippen LogP contribution in [-0.2, 0) is 44.6 Å². The molecular weight excluding hydrogens is 620 g/mol. The van der Waals surface area contributed by atoms with Crippen molar-refractivity contribution >= 4 is 34.6 Å². The summed E-state index contributed by atoms with van der Waals surface area (Å²) in [6.45, 7) is 6.95. The van der Waals surface area contributed by atoms with Crippen LogP contribution in [0, 0.1) is 17.7 Å². The Bertz CT molecular complexity index is 1650. The molecule has 3 unspecified atom stereocenters. The fourth-order valence-corrected chi connectivity index (χ4v) is 6.08. The number of aliphatic carboxylic acids is 1. The molecule has 1 aliphatic carbocycles. The maximum Gasteiger partial charge on any atom is 0.418 e. The first-order valence-electron chi connectivity index (χ1n) is 15.7. The number of para-hydroxylation sites is 1. The summed E-state index contributed by atoms with van der Waals surface area (Å²) in [6.07, 6.45) is -4.34. The van der Waals surface area contributed by atoms with Crippen molar-refractivity contribution in [2.24, 2.45) is 11.8 Å². The number of rotatable bonds is 12. The first kappa shape index (κ1) is 35.4. The van der Waals surface area contributed by atoms with Crippen LogP contribution < -0.4 is 16.0 Å². The van der Waals surface area contributed by atoms with E-state index >= 15 is 0 Å². The third-order valence-electron chi connectivity index (χ3n) is 9.30. The van der Waals surface area contributed by atoms with E-state index in [0.717, 1.165) is 6.07 Å². The van der Waals surface area contributed by atoms with Gasteiger partial charge in [-0.25, -0.2) is 9.18 Å². The molecule has 5 N–H and O–H groups in total. The second-order valence-electron chi connectivity index (χ2n) is 12.4. The molecule has 5 atom stereocenters. The van der Waals surface area contributed by atoms with Gasteiger partial charge in [-0.05, 0) is 47.9 Å². The average molecular weight is 661 g/mol. The predicted molar refractivity (Wildman–Crippen MR) is 167 cm³/mol. The van der Waals surface area contributed by atoms with Gasteiger partial charge in [-0.15, -0.1) is 0 Å². The molecular formula is C34H40F4N4O5. The quantitative estimate of drug-likeness (QED) is 0.173. The van der Waals surface area contributed by atoms with Crippen LogP contribution in [0.15, 0.2) is 42.5 Å². The topological polar surface area (TPSA) is 140 Å². The molecule has 3 aromatic rings. The van der Waals surface area contributed by atoms with E-state index in [1.165, 1.54) is 30.3 Å². The van der Waals surface area contributed by atoms with E-state index in [1.807, 2.05) is 0 Å². The summed E-state index contributed by atoms with van der Waals surface area (Å²) < 4.78 is 55.9. The second-order valence-corrected chi connectivity index (χ2v) is 12.4. The summed E-state index contributed by atoms with van der Waals surface area (Å²) in [6, 6.07) is 7.00. The van der Waals surface area contributed by atoms with Gasteiger partial charge in [0, 0.05) is 17.5 Å². The minimum Gasteiger partial charge on any atom is -0.480 e. The highest BCUT2D eigenvalue weighted by Gasteiger charge is 2.47. The summed E-state index contributed by atoms with van der Waals surface area (Å²) in [4.78, 5) is 56.2. The predicted octanol–water partition coefficient (Wildman–Crippen LogP) is 5.06. The van der Waals surface area contributed by atoms with Crippen LogP contribution in [0.1, 0.15) is 69.3 Å². The lowest BCUT2D eigenvalue weighted by molar-refractivity contribution is -0.145. The normalized spacial score (nSPS) is 18.8. The number of carboxylic acids is 1. The molecule has 0 saturated heterocycles. The lowest BCUT2D eigenvalue weighted by Crippen LogP contribution is -2.66. The first-order chi connectivity index (χ1) is 22.1. The zero-order valence-corrected chi connectivity index (χ0v) is 26.7. The van der Waals surface area contributed by atoms with Crippen molar-refractivity contribution in [1.82, 2.24) is 20.9 Å². The van der Waals surface area contributed by atoms with Gasteiger partial charge in [-0.3, -0.25) is 14.4 Å². The van der Waals surface area contributed by atoms with Crippen molar-refractivity contribution < 1.29 is 41.8 Å². The molecule has 0 fully saturated rings. The Morgan fingerprint density at radius 2 is 1.62 bits per heavy atom. The number of carboxylic acid groups (broad SMARTS) is 1. The van der Waals surface area contributed by atoms with Gasteiger partial charge in [0.15, 0.2) is 0 Å². The number of carbonyl (C=O) groups excluding carboxylic acids is 3. The Morgan fingerprint density at radius 3 is 2.23 bits per heavy atom. The molecule has 0 saturated carbocycles. The fourth-order valence-electron chi connectivity index (χ4n) is 6.08. The molecule has 2 aromatic carbocycles. The highest BCUT2D eigenvalue weighted by atomic mass is 19.4. The molecule has 0 spiro atoms. The van der Waals surface area contributed by atoms with Crippen LogP contribution >= 0.6 is 0 Å². The highest BCUT2D eigenvalue weighted by Crippen LogP contribution is 2.40. The van der Waals surface area contributed by atoms with Gasteiger partial charge in [0.2, 0.25) is 17.7 Å². The Kier molecular flexibility index (Phi) is 10.7. The van der Waals surface area contributed by atoms with Gasteiger partial charge < -0.3 is 26.0 Å². The molecule has 3 amide bonds. The van der Waals surface area contributed by atoms with Crippen molar-refractivity contribution in [3.63, 3.8) is 0 Å². The minimum absolute atomic E-state index is 0.0605. The molecule has 0 bridgehead atoms. The van der Waals surface area contributed by atoms with E-state index in [1.54, 1.807) is 33.8 Å². The lowest BCUT2D eigenvalue weighted by Gasteiger charge is -2.39. The smallest absolute Gasteiger partial charge is 0.418 e. The van der Waals surface area contributed by atoms with Crippen LogP contribution in [-0.4, -0.2) is 51.4 Å². The number of hydrogen-bond donors (Lipinski definition) is 5. The maximum atomic E-state index is 14.2. The summed E-state index contributed by atoms with van der Waals surface area (Å²) in [5.74, 6) is -4.92. The molecule has 254 valence electrons. The van der Waals surface area contributed by atoms with Crippen LogP contribution in [0.4, 0.5) is 17.6 Å². The first-order valence-corrected chi connectivity index (χ1v) is 15.7. The van der Waals surface area contributed by atoms with Crippen LogP contribution in [0.3, 0.4) is 0 Å². The number of benzene rings is 2. The number of aryl methyl sites for hydroxylation is 1. The number of carbonyl (C=O) groups is 4. The number of aromatic nitrogens is 1. The number of aromatic amines is 1. The summed E-state index contributed by atoms with van der Waals surface area (Å²) in [5.41, 5.74) is -1.79. The monoisotopic (exact) mass is 660 g/mol. The van der Waals surface area contributed by atoms with E-state index in [2.05, 4.69) is 20.9 Å². The van der Waals surface area contributed by atoms with Crippen molar-refractivity contribution in [2.75, 3.05) is 0 Å². The van der Waals surface area contributed by atoms with E-state index in [4.69, 9.17) is 0 Å². The SMILES string of the molecule is CCC(C)C(NC(=O)[C@@]1(NC(=O)[C@@H](NC(=O)Cc2ccccc2F)C(C)CC)CCc2[nH]c3c(C(F)(F)F)cccc3c2C1)C(=O)O. The fraction of sp³-hybridized carbons (Fsp3) is 0.471. The lowest BCUT2D eigenvalue weighted by atomic mass is 9.78. The average Bonchev–Trinajstić information content (AvgIpc) is 3.39. The zero-order valence-electron chi connectivity index (χ0n) is 26.7. The van der Waals surface area contributed by atoms with Crippen molar-refractivity contribution in [3.05, 3.63) is 70.7 Å². The molecule has 0 aliphatic heterocycles. The largest absolute Gasteiger partial charge is 0.480 e. The van der Waals surface area contributed by atoms with Gasteiger partial charge in [0.25, 0.3) is 0 Å². The molecule has 9 nitrogen and oxygen atoms in total. The van der Waals surface area contributed by atoms with Gasteiger partial charge >= 0.3 is 12.1 Å². The zero-order chi connectivity index (χ0) is 34.7. The third kappa shape index (κ3) is 7.60.